The Labute approximate surface area is 153 Å². The monoisotopic (exact) mass is 377 g/mol. The maximum atomic E-state index is 11.8. The van der Waals surface area contributed by atoms with E-state index in [1.807, 2.05) is 13.8 Å². The predicted octanol–water partition coefficient (Wildman–Crippen LogP) is 2.05. The molecule has 0 aliphatic rings. The summed E-state index contributed by atoms with van der Waals surface area (Å²) in [4.78, 5) is 20.2. The lowest BCUT2D eigenvalue weighted by molar-refractivity contribution is 0.251. The van der Waals surface area contributed by atoms with E-state index in [9.17, 15) is 13.2 Å². The van der Waals surface area contributed by atoms with Gasteiger partial charge in [0.05, 0.1) is 11.4 Å². The number of sulfone groups is 1. The van der Waals surface area contributed by atoms with Crippen molar-refractivity contribution in [2.24, 2.45) is 5.92 Å². The van der Waals surface area contributed by atoms with Crippen LogP contribution in [-0.2, 0) is 15.6 Å². The van der Waals surface area contributed by atoms with Crippen LogP contribution >= 0.6 is 0 Å². The molecule has 0 spiro atoms. The average Bonchev–Trinajstić information content (AvgIpc) is 2.51. The highest BCUT2D eigenvalue weighted by molar-refractivity contribution is 7.89. The second-order valence-corrected chi connectivity index (χ2v) is 8.62. The highest BCUT2D eigenvalue weighted by Crippen LogP contribution is 2.20. The summed E-state index contributed by atoms with van der Waals surface area (Å²) in [6.45, 7) is 4.61. The highest BCUT2D eigenvalue weighted by atomic mass is 32.2. The molecule has 26 heavy (non-hydrogen) atoms. The average molecular weight is 377 g/mol. The number of hydrogen-bond acceptors (Lipinski definition) is 6. The number of rotatable bonds is 6. The van der Waals surface area contributed by atoms with E-state index in [2.05, 4.69) is 20.6 Å². The smallest absolute Gasteiger partial charge is 0.319 e. The quantitative estimate of drug-likeness (QED) is 0.707. The first-order chi connectivity index (χ1) is 12.1. The maximum Gasteiger partial charge on any atom is 0.319 e. The minimum atomic E-state index is -3.23. The van der Waals surface area contributed by atoms with E-state index >= 15 is 0 Å². The van der Waals surface area contributed by atoms with Gasteiger partial charge in [0.1, 0.15) is 5.82 Å². The van der Waals surface area contributed by atoms with Gasteiger partial charge >= 0.3 is 6.03 Å². The van der Waals surface area contributed by atoms with Crippen molar-refractivity contribution >= 4 is 27.4 Å². The lowest BCUT2D eigenvalue weighted by Gasteiger charge is -2.10. The molecule has 0 fully saturated rings. The summed E-state index contributed by atoms with van der Waals surface area (Å²) in [5, 5.41) is 5.50. The number of urea groups is 1. The third kappa shape index (κ3) is 6.32. The molecule has 1 heterocycles. The Morgan fingerprint density at radius 1 is 1.19 bits per heavy atom. The van der Waals surface area contributed by atoms with Gasteiger partial charge in [-0.15, -0.1) is 0 Å². The summed E-state index contributed by atoms with van der Waals surface area (Å²) in [5.41, 5.74) is 7.38. The number of carbonyl (C=O) groups excluding carboxylic acids is 1. The molecule has 0 saturated carbocycles. The van der Waals surface area contributed by atoms with Crippen molar-refractivity contribution in [3.05, 3.63) is 36.0 Å². The summed E-state index contributed by atoms with van der Waals surface area (Å²) >= 11 is 0. The Morgan fingerprint density at radius 2 is 1.85 bits per heavy atom. The van der Waals surface area contributed by atoms with Gasteiger partial charge in [0.15, 0.2) is 15.7 Å². The lowest BCUT2D eigenvalue weighted by atomic mass is 10.2. The van der Waals surface area contributed by atoms with Crippen molar-refractivity contribution < 1.29 is 13.2 Å². The van der Waals surface area contributed by atoms with Crippen LogP contribution in [0.3, 0.4) is 0 Å². The first kappa shape index (κ1) is 19.6. The van der Waals surface area contributed by atoms with Gasteiger partial charge in [-0.05, 0) is 30.2 Å². The molecule has 2 amide bonds. The Hall–Kier alpha value is -2.68. The van der Waals surface area contributed by atoms with E-state index in [-0.39, 0.29) is 17.6 Å². The minimum absolute atomic E-state index is 0.198. The summed E-state index contributed by atoms with van der Waals surface area (Å²) in [7, 11) is -3.23. The third-order valence-electron chi connectivity index (χ3n) is 3.28. The summed E-state index contributed by atoms with van der Waals surface area (Å²) in [6, 6.07) is 8.07. The van der Waals surface area contributed by atoms with Crippen molar-refractivity contribution in [3.8, 4) is 11.4 Å². The molecule has 8 nitrogen and oxygen atoms in total. The summed E-state index contributed by atoms with van der Waals surface area (Å²) in [6.07, 6.45) is 1.13. The molecular formula is C17H23N5O3S. The number of hydrogen-bond donors (Lipinski definition) is 3. The third-order valence-corrected chi connectivity index (χ3v) is 4.10. The number of amides is 2. The second kappa shape index (κ2) is 8.13. The van der Waals surface area contributed by atoms with E-state index in [1.54, 1.807) is 24.3 Å². The number of benzene rings is 1. The molecule has 0 aliphatic carbocycles. The number of carbonyl (C=O) groups is 1. The molecule has 9 heteroatoms. The van der Waals surface area contributed by atoms with E-state index in [0.717, 1.165) is 6.26 Å². The van der Waals surface area contributed by atoms with E-state index in [4.69, 9.17) is 5.73 Å². The van der Waals surface area contributed by atoms with Crippen LogP contribution in [0.2, 0.25) is 0 Å². The molecule has 0 radical (unpaired) electrons. The van der Waals surface area contributed by atoms with Crippen LogP contribution in [0.4, 0.5) is 16.3 Å². The molecular weight excluding hydrogens is 354 g/mol. The minimum Gasteiger partial charge on any atom is -0.384 e. The van der Waals surface area contributed by atoms with Gasteiger partial charge in [0.2, 0.25) is 0 Å². The topological polar surface area (TPSA) is 127 Å². The van der Waals surface area contributed by atoms with Crippen molar-refractivity contribution in [2.75, 3.05) is 23.9 Å². The normalized spacial score (nSPS) is 11.4. The van der Waals surface area contributed by atoms with E-state index < -0.39 is 9.84 Å². The van der Waals surface area contributed by atoms with Crippen molar-refractivity contribution in [1.29, 1.82) is 0 Å². The molecule has 1 aromatic carbocycles. The largest absolute Gasteiger partial charge is 0.384 e. The molecule has 0 aliphatic heterocycles. The number of nitrogen functional groups attached to an aromatic ring is 1. The van der Waals surface area contributed by atoms with Gasteiger partial charge < -0.3 is 16.4 Å². The van der Waals surface area contributed by atoms with Crippen LogP contribution in [0.15, 0.2) is 30.3 Å². The molecule has 0 atom stereocenters. The molecule has 4 N–H and O–H groups in total. The molecule has 140 valence electrons. The number of aromatic nitrogens is 2. The fraction of sp³-hybridized carbons (Fsp3) is 0.353. The number of nitrogens with one attached hydrogen (secondary N) is 2. The first-order valence-corrected chi connectivity index (χ1v) is 10.1. The SMILES string of the molecule is CC(C)CNC(=O)Nc1ccc(-c2nc(N)cc(CS(C)(=O)=O)n2)cc1. The number of nitrogens with two attached hydrogens (primary N) is 1. The van der Waals surface area contributed by atoms with Crippen molar-refractivity contribution in [3.63, 3.8) is 0 Å². The maximum absolute atomic E-state index is 11.8. The molecule has 2 aromatic rings. The van der Waals surface area contributed by atoms with Crippen LogP contribution in [0, 0.1) is 5.92 Å². The Bertz CT molecular complexity index is 880. The van der Waals surface area contributed by atoms with Gasteiger partial charge in [0.25, 0.3) is 0 Å². The molecule has 1 aromatic heterocycles. The first-order valence-electron chi connectivity index (χ1n) is 8.09. The van der Waals surface area contributed by atoms with Crippen molar-refractivity contribution in [2.45, 2.75) is 19.6 Å². The molecule has 0 saturated heterocycles. The van der Waals surface area contributed by atoms with Gasteiger partial charge in [0, 0.05) is 30.1 Å². The fourth-order valence-electron chi connectivity index (χ4n) is 2.16. The Morgan fingerprint density at radius 3 is 2.42 bits per heavy atom. The molecule has 0 bridgehead atoms. The molecule has 0 unspecified atom stereocenters. The molecule has 2 rings (SSSR count). The van der Waals surface area contributed by atoms with Crippen molar-refractivity contribution in [1.82, 2.24) is 15.3 Å². The lowest BCUT2D eigenvalue weighted by Crippen LogP contribution is -2.31. The summed E-state index contributed by atoms with van der Waals surface area (Å²) in [5.74, 6) is 0.691. The van der Waals surface area contributed by atoms with Crippen LogP contribution in [0.25, 0.3) is 11.4 Å². The van der Waals surface area contributed by atoms with Crippen LogP contribution in [-0.4, -0.2) is 37.2 Å². The van der Waals surface area contributed by atoms with Gasteiger partial charge in [-0.1, -0.05) is 13.8 Å². The summed E-state index contributed by atoms with van der Waals surface area (Å²) < 4.78 is 22.9. The van der Waals surface area contributed by atoms with Gasteiger partial charge in [-0.25, -0.2) is 23.2 Å². The highest BCUT2D eigenvalue weighted by Gasteiger charge is 2.11. The zero-order valence-corrected chi connectivity index (χ0v) is 15.8. The van der Waals surface area contributed by atoms with Crippen LogP contribution < -0.4 is 16.4 Å². The van der Waals surface area contributed by atoms with E-state index in [0.29, 0.717) is 35.2 Å². The van der Waals surface area contributed by atoms with E-state index in [1.165, 1.54) is 6.07 Å². The Kier molecular flexibility index (Phi) is 6.14. The second-order valence-electron chi connectivity index (χ2n) is 6.48. The van der Waals surface area contributed by atoms with Crippen LogP contribution in [0.5, 0.6) is 0 Å². The Balaban J connectivity index is 2.14. The zero-order valence-electron chi connectivity index (χ0n) is 15.0. The number of anilines is 2. The fourth-order valence-corrected chi connectivity index (χ4v) is 2.85. The zero-order chi connectivity index (χ0) is 19.3. The van der Waals surface area contributed by atoms with Gasteiger partial charge in [-0.2, -0.15) is 0 Å². The van der Waals surface area contributed by atoms with Gasteiger partial charge in [-0.3, -0.25) is 0 Å². The van der Waals surface area contributed by atoms with Crippen LogP contribution in [0.1, 0.15) is 19.5 Å². The predicted molar refractivity (Wildman–Crippen MR) is 102 cm³/mol. The standard InChI is InChI=1S/C17H23N5O3S/c1-11(2)9-19-17(23)21-13-6-4-12(5-7-13)16-20-14(8-15(18)22-16)10-26(3,24)25/h4-8,11H,9-10H2,1-3H3,(H2,18,20,22)(H2,19,21,23). The number of nitrogens with zero attached hydrogens (tertiary/aromatic N) is 2.